The number of ketones is 1. The van der Waals surface area contributed by atoms with Crippen LogP contribution in [0.4, 0.5) is 5.82 Å². The first kappa shape index (κ1) is 13.3. The van der Waals surface area contributed by atoms with Crippen molar-refractivity contribution in [2.45, 2.75) is 6.92 Å². The zero-order valence-corrected chi connectivity index (χ0v) is 11.9. The second-order valence-corrected chi connectivity index (χ2v) is 5.14. The maximum atomic E-state index is 11.7. The van der Waals surface area contributed by atoms with Crippen LogP contribution in [0.2, 0.25) is 5.02 Å². The molecule has 5 nitrogen and oxygen atoms in total. The van der Waals surface area contributed by atoms with Crippen molar-refractivity contribution in [1.29, 1.82) is 0 Å². The summed E-state index contributed by atoms with van der Waals surface area (Å²) in [5.74, 6) is 0.705. The number of hydrogen-bond acceptors (Lipinski definition) is 5. The summed E-state index contributed by atoms with van der Waals surface area (Å²) in [5.41, 5.74) is 1.75. The first-order valence-corrected chi connectivity index (χ1v) is 6.83. The number of halogens is 1. The molecule has 1 aliphatic rings. The summed E-state index contributed by atoms with van der Waals surface area (Å²) < 4.78 is 5.32. The molecular weight excluding hydrogens is 278 g/mol. The normalized spacial score (nSPS) is 15.6. The van der Waals surface area contributed by atoms with E-state index in [1.165, 1.54) is 6.92 Å². The zero-order valence-electron chi connectivity index (χ0n) is 11.1. The lowest BCUT2D eigenvalue weighted by atomic mass is 10.1. The number of benzene rings is 1. The molecule has 20 heavy (non-hydrogen) atoms. The minimum Gasteiger partial charge on any atom is -0.378 e. The lowest BCUT2D eigenvalue weighted by molar-refractivity contribution is 0.101. The number of fused-ring (bicyclic) bond motifs is 1. The van der Waals surface area contributed by atoms with E-state index in [2.05, 4.69) is 14.9 Å². The van der Waals surface area contributed by atoms with Gasteiger partial charge in [0.2, 0.25) is 0 Å². The van der Waals surface area contributed by atoms with Gasteiger partial charge in [-0.3, -0.25) is 9.78 Å². The highest BCUT2D eigenvalue weighted by Crippen LogP contribution is 2.24. The van der Waals surface area contributed by atoms with Gasteiger partial charge < -0.3 is 9.64 Å². The lowest BCUT2D eigenvalue weighted by Gasteiger charge is -2.27. The number of carbonyl (C=O) groups is 1. The maximum absolute atomic E-state index is 11.7. The second-order valence-electron chi connectivity index (χ2n) is 4.70. The molecule has 0 amide bonds. The lowest BCUT2D eigenvalue weighted by Crippen LogP contribution is -2.36. The zero-order chi connectivity index (χ0) is 14.1. The van der Waals surface area contributed by atoms with Crippen LogP contribution < -0.4 is 4.90 Å². The van der Waals surface area contributed by atoms with E-state index in [1.807, 2.05) is 0 Å². The number of aromatic nitrogens is 2. The van der Waals surface area contributed by atoms with Crippen LogP contribution in [-0.2, 0) is 4.74 Å². The average molecular weight is 292 g/mol. The molecule has 1 aromatic heterocycles. The molecule has 0 saturated carbocycles. The Kier molecular flexibility index (Phi) is 3.54. The Morgan fingerprint density at radius 1 is 1.35 bits per heavy atom. The highest BCUT2D eigenvalue weighted by atomic mass is 35.5. The molecule has 0 N–H and O–H groups in total. The first-order chi connectivity index (χ1) is 9.65. The van der Waals surface area contributed by atoms with E-state index >= 15 is 0 Å². The fourth-order valence-corrected chi connectivity index (χ4v) is 2.50. The SMILES string of the molecule is CC(=O)c1cc(Cl)cc2ncc(N3CCOCC3)nc12. The average Bonchev–Trinajstić information content (AvgIpc) is 2.46. The Morgan fingerprint density at radius 2 is 2.10 bits per heavy atom. The monoisotopic (exact) mass is 291 g/mol. The van der Waals surface area contributed by atoms with E-state index in [-0.39, 0.29) is 5.78 Å². The Balaban J connectivity index is 2.11. The van der Waals surface area contributed by atoms with Gasteiger partial charge in [0.05, 0.1) is 24.9 Å². The van der Waals surface area contributed by atoms with Crippen molar-refractivity contribution >= 4 is 34.2 Å². The number of nitrogens with zero attached hydrogens (tertiary/aromatic N) is 3. The predicted octanol–water partition coefficient (Wildman–Crippen LogP) is 2.32. The highest BCUT2D eigenvalue weighted by molar-refractivity contribution is 6.32. The molecule has 2 aromatic rings. The van der Waals surface area contributed by atoms with Crippen molar-refractivity contribution < 1.29 is 9.53 Å². The van der Waals surface area contributed by atoms with Gasteiger partial charge in [-0.15, -0.1) is 0 Å². The molecule has 0 atom stereocenters. The number of anilines is 1. The standard InChI is InChI=1S/C14H14ClN3O2/c1-9(19)11-6-10(15)7-12-14(11)17-13(8-16-12)18-2-4-20-5-3-18/h6-8H,2-5H2,1H3. The third kappa shape index (κ3) is 2.46. The number of Topliss-reactive ketones (excluding diaryl/α,β-unsaturated/α-hetero) is 1. The van der Waals surface area contributed by atoms with Crippen LogP contribution in [0.25, 0.3) is 11.0 Å². The molecular formula is C14H14ClN3O2. The summed E-state index contributed by atoms with van der Waals surface area (Å²) in [4.78, 5) is 22.8. The first-order valence-electron chi connectivity index (χ1n) is 6.45. The van der Waals surface area contributed by atoms with Crippen molar-refractivity contribution in [3.63, 3.8) is 0 Å². The van der Waals surface area contributed by atoms with Crippen molar-refractivity contribution in [3.8, 4) is 0 Å². The molecule has 0 bridgehead atoms. The van der Waals surface area contributed by atoms with E-state index in [4.69, 9.17) is 16.3 Å². The van der Waals surface area contributed by atoms with Crippen LogP contribution in [0, 0.1) is 0 Å². The second kappa shape index (κ2) is 5.34. The topological polar surface area (TPSA) is 55.3 Å². The van der Waals surface area contributed by atoms with Crippen LogP contribution >= 0.6 is 11.6 Å². The van der Waals surface area contributed by atoms with Gasteiger partial charge in [0.1, 0.15) is 11.3 Å². The third-order valence-corrected chi connectivity index (χ3v) is 3.53. The van der Waals surface area contributed by atoms with E-state index in [0.29, 0.717) is 34.8 Å². The molecule has 1 fully saturated rings. The summed E-state index contributed by atoms with van der Waals surface area (Å²) in [6, 6.07) is 3.36. The van der Waals surface area contributed by atoms with Crippen LogP contribution in [0.15, 0.2) is 18.3 Å². The van der Waals surface area contributed by atoms with Gasteiger partial charge in [-0.25, -0.2) is 4.98 Å². The summed E-state index contributed by atoms with van der Waals surface area (Å²) in [6.07, 6.45) is 1.72. The van der Waals surface area contributed by atoms with Crippen LogP contribution in [-0.4, -0.2) is 42.1 Å². The molecule has 0 radical (unpaired) electrons. The van der Waals surface area contributed by atoms with Crippen LogP contribution in [0.3, 0.4) is 0 Å². The van der Waals surface area contributed by atoms with E-state index in [1.54, 1.807) is 18.3 Å². The van der Waals surface area contributed by atoms with E-state index < -0.39 is 0 Å². The van der Waals surface area contributed by atoms with Crippen molar-refractivity contribution in [2.24, 2.45) is 0 Å². The molecule has 2 heterocycles. The molecule has 1 aromatic carbocycles. The van der Waals surface area contributed by atoms with Crippen LogP contribution in [0.1, 0.15) is 17.3 Å². The Hall–Kier alpha value is -1.72. The molecule has 0 spiro atoms. The van der Waals surface area contributed by atoms with Crippen molar-refractivity contribution in [3.05, 3.63) is 28.9 Å². The molecule has 6 heteroatoms. The number of morpholine rings is 1. The summed E-state index contributed by atoms with van der Waals surface area (Å²) in [7, 11) is 0. The highest BCUT2D eigenvalue weighted by Gasteiger charge is 2.16. The molecule has 104 valence electrons. The number of hydrogen-bond donors (Lipinski definition) is 0. The minimum absolute atomic E-state index is 0.0640. The van der Waals surface area contributed by atoms with Gasteiger partial charge in [-0.2, -0.15) is 0 Å². The molecule has 0 aliphatic carbocycles. The summed E-state index contributed by atoms with van der Waals surface area (Å²) in [6.45, 7) is 4.43. The molecule has 0 unspecified atom stereocenters. The van der Waals surface area contributed by atoms with Crippen LogP contribution in [0.5, 0.6) is 0 Å². The number of carbonyl (C=O) groups excluding carboxylic acids is 1. The third-order valence-electron chi connectivity index (χ3n) is 3.31. The molecule has 1 saturated heterocycles. The smallest absolute Gasteiger partial charge is 0.162 e. The van der Waals surface area contributed by atoms with E-state index in [9.17, 15) is 4.79 Å². The fraction of sp³-hybridized carbons (Fsp3) is 0.357. The van der Waals surface area contributed by atoms with Gasteiger partial charge in [-0.05, 0) is 19.1 Å². The van der Waals surface area contributed by atoms with E-state index in [0.717, 1.165) is 18.9 Å². The van der Waals surface area contributed by atoms with Crippen molar-refractivity contribution in [1.82, 2.24) is 9.97 Å². The Labute approximate surface area is 121 Å². The number of ether oxygens (including phenoxy) is 1. The number of rotatable bonds is 2. The van der Waals surface area contributed by atoms with Gasteiger partial charge >= 0.3 is 0 Å². The predicted molar refractivity (Wildman–Crippen MR) is 77.6 cm³/mol. The largest absolute Gasteiger partial charge is 0.378 e. The maximum Gasteiger partial charge on any atom is 0.162 e. The van der Waals surface area contributed by atoms with Gasteiger partial charge in [0, 0.05) is 23.7 Å². The molecule has 3 rings (SSSR count). The Morgan fingerprint density at radius 3 is 2.80 bits per heavy atom. The van der Waals surface area contributed by atoms with Gasteiger partial charge in [0.25, 0.3) is 0 Å². The molecule has 1 aliphatic heterocycles. The summed E-state index contributed by atoms with van der Waals surface area (Å²) in [5, 5.41) is 0.496. The van der Waals surface area contributed by atoms with Crippen molar-refractivity contribution in [2.75, 3.05) is 31.2 Å². The van der Waals surface area contributed by atoms with Gasteiger partial charge in [0.15, 0.2) is 5.78 Å². The van der Waals surface area contributed by atoms with Gasteiger partial charge in [-0.1, -0.05) is 11.6 Å². The summed E-state index contributed by atoms with van der Waals surface area (Å²) >= 11 is 6.01. The quantitative estimate of drug-likeness (QED) is 0.795. The Bertz CT molecular complexity index is 669. The minimum atomic E-state index is -0.0640. The fourth-order valence-electron chi connectivity index (χ4n) is 2.28.